The van der Waals surface area contributed by atoms with Crippen molar-refractivity contribution in [3.8, 4) is 0 Å². The zero-order chi connectivity index (χ0) is 15.8. The fourth-order valence-corrected chi connectivity index (χ4v) is 4.09. The monoisotopic (exact) mass is 315 g/mol. The van der Waals surface area contributed by atoms with Crippen molar-refractivity contribution < 1.29 is 18.1 Å². The van der Waals surface area contributed by atoms with E-state index in [4.69, 9.17) is 10.5 Å². The van der Waals surface area contributed by atoms with Crippen molar-refractivity contribution in [2.75, 3.05) is 18.8 Å². The molecule has 1 aliphatic rings. The maximum Gasteiger partial charge on any atom is 0.291 e. The Morgan fingerprint density at radius 3 is 2.43 bits per heavy atom. The summed E-state index contributed by atoms with van der Waals surface area (Å²) in [5.41, 5.74) is 5.13. The van der Waals surface area contributed by atoms with Gasteiger partial charge in [0.1, 0.15) is 0 Å². The van der Waals surface area contributed by atoms with Crippen molar-refractivity contribution in [1.29, 1.82) is 0 Å². The van der Waals surface area contributed by atoms with E-state index in [-0.39, 0.29) is 35.9 Å². The average Bonchev–Trinajstić information content (AvgIpc) is 2.37. The Morgan fingerprint density at radius 1 is 1.33 bits per heavy atom. The van der Waals surface area contributed by atoms with Crippen LogP contribution in [0.15, 0.2) is 23.1 Å². The molecule has 1 heterocycles. The van der Waals surface area contributed by atoms with Gasteiger partial charge in [0.25, 0.3) is 5.69 Å². The zero-order valence-electron chi connectivity index (χ0n) is 11.7. The SMILES string of the molecule is CC1CN(S(=O)(=O)c2ccc(N)cc2[N+](=O)[O-])CC(C)O1. The molecule has 0 radical (unpaired) electrons. The molecule has 0 spiro atoms. The number of benzene rings is 1. The van der Waals surface area contributed by atoms with Crippen molar-refractivity contribution in [3.05, 3.63) is 28.3 Å². The van der Waals surface area contributed by atoms with Crippen molar-refractivity contribution >= 4 is 21.4 Å². The predicted octanol–water partition coefficient (Wildman–Crippen LogP) is 0.975. The summed E-state index contributed by atoms with van der Waals surface area (Å²) in [7, 11) is -3.96. The van der Waals surface area contributed by atoms with Crippen LogP contribution in [0.4, 0.5) is 11.4 Å². The lowest BCUT2D eigenvalue weighted by Crippen LogP contribution is -2.48. The summed E-state index contributed by atoms with van der Waals surface area (Å²) in [5.74, 6) is 0. The smallest absolute Gasteiger partial charge is 0.291 e. The molecule has 0 aliphatic carbocycles. The zero-order valence-corrected chi connectivity index (χ0v) is 12.5. The van der Waals surface area contributed by atoms with Gasteiger partial charge in [-0.1, -0.05) is 0 Å². The van der Waals surface area contributed by atoms with Gasteiger partial charge in [0.15, 0.2) is 4.90 Å². The molecule has 21 heavy (non-hydrogen) atoms. The van der Waals surface area contributed by atoms with Crippen LogP contribution in [-0.2, 0) is 14.8 Å². The molecule has 1 aliphatic heterocycles. The number of sulfonamides is 1. The molecule has 1 fully saturated rings. The van der Waals surface area contributed by atoms with Crippen LogP contribution < -0.4 is 5.73 Å². The number of nitrogens with zero attached hydrogens (tertiary/aromatic N) is 2. The lowest BCUT2D eigenvalue weighted by molar-refractivity contribution is -0.387. The highest BCUT2D eigenvalue weighted by molar-refractivity contribution is 7.89. The molecule has 2 N–H and O–H groups in total. The Morgan fingerprint density at radius 2 is 1.90 bits per heavy atom. The van der Waals surface area contributed by atoms with Crippen LogP contribution in [0.2, 0.25) is 0 Å². The van der Waals surface area contributed by atoms with Gasteiger partial charge in [0, 0.05) is 24.8 Å². The third-order valence-electron chi connectivity index (χ3n) is 3.18. The van der Waals surface area contributed by atoms with E-state index in [1.54, 1.807) is 13.8 Å². The molecule has 2 rings (SSSR count). The van der Waals surface area contributed by atoms with Crippen LogP contribution in [0.25, 0.3) is 0 Å². The largest absolute Gasteiger partial charge is 0.399 e. The van der Waals surface area contributed by atoms with Crippen molar-refractivity contribution in [2.24, 2.45) is 0 Å². The van der Waals surface area contributed by atoms with Crippen LogP contribution in [-0.4, -0.2) is 42.9 Å². The lowest BCUT2D eigenvalue weighted by atomic mass is 10.3. The number of nitrogen functional groups attached to an aromatic ring is 1. The van der Waals surface area contributed by atoms with Gasteiger partial charge in [-0.2, -0.15) is 4.31 Å². The first kappa shape index (κ1) is 15.7. The predicted molar refractivity (Wildman–Crippen MR) is 76.3 cm³/mol. The molecular formula is C12H17N3O5S. The highest BCUT2D eigenvalue weighted by atomic mass is 32.2. The molecule has 1 saturated heterocycles. The van der Waals surface area contributed by atoms with E-state index in [0.717, 1.165) is 6.07 Å². The Bertz CT molecular complexity index is 651. The minimum absolute atomic E-state index is 0.143. The second kappa shape index (κ2) is 5.58. The van der Waals surface area contributed by atoms with Gasteiger partial charge in [0.05, 0.1) is 17.1 Å². The second-order valence-electron chi connectivity index (χ2n) is 5.06. The van der Waals surface area contributed by atoms with Gasteiger partial charge in [0.2, 0.25) is 10.0 Å². The van der Waals surface area contributed by atoms with Crippen molar-refractivity contribution in [1.82, 2.24) is 4.31 Å². The Balaban J connectivity index is 2.47. The van der Waals surface area contributed by atoms with Gasteiger partial charge in [-0.05, 0) is 26.0 Å². The molecule has 2 atom stereocenters. The van der Waals surface area contributed by atoms with E-state index in [9.17, 15) is 18.5 Å². The fourth-order valence-electron chi connectivity index (χ4n) is 2.36. The Hall–Kier alpha value is -1.71. The van der Waals surface area contributed by atoms with Crippen LogP contribution in [0.3, 0.4) is 0 Å². The van der Waals surface area contributed by atoms with Gasteiger partial charge in [-0.25, -0.2) is 8.42 Å². The summed E-state index contributed by atoms with van der Waals surface area (Å²) in [6, 6.07) is 3.57. The quantitative estimate of drug-likeness (QED) is 0.505. The van der Waals surface area contributed by atoms with Crippen LogP contribution in [0.5, 0.6) is 0 Å². The molecule has 0 aromatic heterocycles. The average molecular weight is 315 g/mol. The van der Waals surface area contributed by atoms with Crippen molar-refractivity contribution in [3.63, 3.8) is 0 Å². The molecule has 0 bridgehead atoms. The van der Waals surface area contributed by atoms with Gasteiger partial charge in [-0.3, -0.25) is 10.1 Å². The van der Waals surface area contributed by atoms with Gasteiger partial charge in [-0.15, -0.1) is 0 Å². The molecule has 9 heteroatoms. The third kappa shape index (κ3) is 3.14. The summed E-state index contributed by atoms with van der Waals surface area (Å²) in [5, 5.41) is 11.1. The van der Waals surface area contributed by atoms with Crippen LogP contribution in [0, 0.1) is 10.1 Å². The molecule has 116 valence electrons. The topological polar surface area (TPSA) is 116 Å². The Kier molecular flexibility index (Phi) is 4.17. The third-order valence-corrected chi connectivity index (χ3v) is 5.06. The van der Waals surface area contributed by atoms with E-state index in [0.29, 0.717) is 0 Å². The molecule has 1 aromatic rings. The second-order valence-corrected chi connectivity index (χ2v) is 6.97. The van der Waals surface area contributed by atoms with Crippen molar-refractivity contribution in [2.45, 2.75) is 31.0 Å². The van der Waals surface area contributed by atoms with E-state index >= 15 is 0 Å². The number of nitrogens with two attached hydrogens (primary N) is 1. The summed E-state index contributed by atoms with van der Waals surface area (Å²) in [6.07, 6.45) is -0.535. The van der Waals surface area contributed by atoms with Gasteiger partial charge >= 0.3 is 0 Å². The number of nitro benzene ring substituents is 1. The van der Waals surface area contributed by atoms with E-state index in [1.165, 1.54) is 16.4 Å². The molecule has 2 unspecified atom stereocenters. The Labute approximate surface area is 122 Å². The summed E-state index contributed by atoms with van der Waals surface area (Å²) < 4.78 is 32.0. The highest BCUT2D eigenvalue weighted by Crippen LogP contribution is 2.30. The number of hydrogen-bond acceptors (Lipinski definition) is 6. The summed E-state index contributed by atoms with van der Waals surface area (Å²) in [6.45, 7) is 3.84. The summed E-state index contributed by atoms with van der Waals surface area (Å²) in [4.78, 5) is 9.99. The number of anilines is 1. The fraction of sp³-hybridized carbons (Fsp3) is 0.500. The van der Waals surface area contributed by atoms with E-state index in [1.807, 2.05) is 0 Å². The lowest BCUT2D eigenvalue weighted by Gasteiger charge is -2.34. The van der Waals surface area contributed by atoms with E-state index < -0.39 is 20.6 Å². The maximum atomic E-state index is 12.6. The molecule has 1 aromatic carbocycles. The first-order valence-electron chi connectivity index (χ1n) is 6.41. The first-order chi connectivity index (χ1) is 9.71. The number of nitro groups is 1. The van der Waals surface area contributed by atoms with E-state index in [2.05, 4.69) is 0 Å². The molecule has 8 nitrogen and oxygen atoms in total. The molecule has 0 saturated carbocycles. The minimum Gasteiger partial charge on any atom is -0.399 e. The number of morpholine rings is 1. The molecular weight excluding hydrogens is 298 g/mol. The van der Waals surface area contributed by atoms with Crippen LogP contribution >= 0.6 is 0 Å². The number of hydrogen-bond donors (Lipinski definition) is 1. The standard InChI is InChI=1S/C12H17N3O5S/c1-8-6-14(7-9(2)20-8)21(18,19)12-4-3-10(13)5-11(12)15(16)17/h3-5,8-9H,6-7,13H2,1-2H3. The summed E-state index contributed by atoms with van der Waals surface area (Å²) >= 11 is 0. The highest BCUT2D eigenvalue weighted by Gasteiger charge is 2.36. The normalized spacial score (nSPS) is 23.9. The van der Waals surface area contributed by atoms with Crippen LogP contribution in [0.1, 0.15) is 13.8 Å². The maximum absolute atomic E-state index is 12.6. The van der Waals surface area contributed by atoms with Gasteiger partial charge < -0.3 is 10.5 Å². The molecule has 0 amide bonds. The first-order valence-corrected chi connectivity index (χ1v) is 7.85. The number of ether oxygens (including phenoxy) is 1. The number of rotatable bonds is 3. The minimum atomic E-state index is -3.96.